The number of hydrogen-bond donors (Lipinski definition) is 1. The molecule has 4 nitrogen and oxygen atoms in total. The Bertz CT molecular complexity index is 354. The summed E-state index contributed by atoms with van der Waals surface area (Å²) in [4.78, 5) is 11.8. The van der Waals surface area contributed by atoms with Crippen LogP contribution in [0, 0.1) is 0 Å². The van der Waals surface area contributed by atoms with Crippen molar-refractivity contribution in [1.82, 2.24) is 0 Å². The lowest BCUT2D eigenvalue weighted by atomic mass is 10.3. The maximum absolute atomic E-state index is 10.7. The van der Waals surface area contributed by atoms with Crippen molar-refractivity contribution in [1.29, 1.82) is 0 Å². The second-order valence-electron chi connectivity index (χ2n) is 2.66. The first-order valence-corrected chi connectivity index (χ1v) is 4.24. The molecule has 0 saturated heterocycles. The summed E-state index contributed by atoms with van der Waals surface area (Å²) in [6.07, 6.45) is -1.06. The van der Waals surface area contributed by atoms with Crippen LogP contribution in [0.25, 0.3) is 0 Å². The van der Waals surface area contributed by atoms with Gasteiger partial charge < -0.3 is 9.84 Å². The summed E-state index contributed by atoms with van der Waals surface area (Å²) in [5.41, 5.74) is 0.424. The Hall–Kier alpha value is -1.42. The van der Waals surface area contributed by atoms with Crippen molar-refractivity contribution in [3.63, 3.8) is 0 Å². The molecule has 0 saturated carbocycles. The van der Waals surface area contributed by atoms with E-state index in [0.29, 0.717) is 16.5 Å². The van der Waals surface area contributed by atoms with Crippen molar-refractivity contribution in [2.75, 3.05) is 19.1 Å². The maximum Gasteiger partial charge on any atom is 0.411 e. The summed E-state index contributed by atoms with van der Waals surface area (Å²) in [6, 6.07) is 4.80. The number of benzene rings is 1. The number of anilines is 1. The van der Waals surface area contributed by atoms with Gasteiger partial charge in [-0.3, -0.25) is 4.90 Å². The highest BCUT2D eigenvalue weighted by Crippen LogP contribution is 2.30. The topological polar surface area (TPSA) is 49.8 Å². The van der Waals surface area contributed by atoms with Gasteiger partial charge in [0, 0.05) is 12.1 Å². The molecule has 1 aromatic rings. The van der Waals surface area contributed by atoms with Crippen LogP contribution in [-0.2, 0) is 0 Å². The van der Waals surface area contributed by atoms with Crippen molar-refractivity contribution in [3.05, 3.63) is 23.2 Å². The van der Waals surface area contributed by atoms with Crippen LogP contribution in [-0.4, -0.2) is 25.4 Å². The van der Waals surface area contributed by atoms with E-state index >= 15 is 0 Å². The van der Waals surface area contributed by atoms with Crippen LogP contribution in [0.1, 0.15) is 0 Å². The van der Waals surface area contributed by atoms with E-state index in [1.54, 1.807) is 12.1 Å². The number of nitrogens with zero attached hydrogens (tertiary/aromatic N) is 1. The maximum atomic E-state index is 10.7. The lowest BCUT2D eigenvalue weighted by Crippen LogP contribution is -2.24. The van der Waals surface area contributed by atoms with E-state index in [-0.39, 0.29) is 0 Å². The van der Waals surface area contributed by atoms with Crippen LogP contribution in [0.3, 0.4) is 0 Å². The highest BCUT2D eigenvalue weighted by atomic mass is 35.5. The van der Waals surface area contributed by atoms with E-state index in [1.807, 2.05) is 0 Å². The van der Waals surface area contributed by atoms with Crippen molar-refractivity contribution >= 4 is 23.4 Å². The van der Waals surface area contributed by atoms with Crippen molar-refractivity contribution < 1.29 is 14.6 Å². The molecule has 0 aliphatic rings. The molecule has 1 rings (SSSR count). The predicted octanol–water partition coefficient (Wildman–Crippen LogP) is 2.46. The van der Waals surface area contributed by atoms with Crippen LogP contribution in [0.2, 0.25) is 5.02 Å². The number of halogens is 1. The van der Waals surface area contributed by atoms with Gasteiger partial charge in [-0.1, -0.05) is 11.6 Å². The fourth-order valence-corrected chi connectivity index (χ4v) is 1.19. The van der Waals surface area contributed by atoms with E-state index in [2.05, 4.69) is 0 Å². The zero-order chi connectivity index (χ0) is 10.7. The van der Waals surface area contributed by atoms with E-state index in [4.69, 9.17) is 21.4 Å². The number of ether oxygens (including phenoxy) is 1. The van der Waals surface area contributed by atoms with E-state index in [1.165, 1.54) is 20.2 Å². The van der Waals surface area contributed by atoms with Crippen molar-refractivity contribution in [2.24, 2.45) is 0 Å². The minimum atomic E-state index is -1.06. The molecule has 14 heavy (non-hydrogen) atoms. The monoisotopic (exact) mass is 215 g/mol. The minimum absolute atomic E-state index is 0.424. The van der Waals surface area contributed by atoms with Gasteiger partial charge in [-0.05, 0) is 18.2 Å². The number of amides is 1. The first kappa shape index (κ1) is 10.7. The molecule has 0 atom stereocenters. The van der Waals surface area contributed by atoms with Gasteiger partial charge in [-0.15, -0.1) is 0 Å². The number of hydrogen-bond acceptors (Lipinski definition) is 2. The molecule has 0 heterocycles. The summed E-state index contributed by atoms with van der Waals surface area (Å²) in [7, 11) is 2.90. The SMILES string of the molecule is COc1ccc(Cl)cc1N(C)C(=O)O. The molecule has 1 amide bonds. The van der Waals surface area contributed by atoms with Gasteiger partial charge >= 0.3 is 6.09 Å². The zero-order valence-electron chi connectivity index (χ0n) is 7.82. The zero-order valence-corrected chi connectivity index (χ0v) is 8.58. The average molecular weight is 216 g/mol. The summed E-state index contributed by atoms with van der Waals surface area (Å²) in [6.45, 7) is 0. The Balaban J connectivity index is 3.16. The van der Waals surface area contributed by atoms with Gasteiger partial charge in [0.1, 0.15) is 5.75 Å². The second-order valence-corrected chi connectivity index (χ2v) is 3.09. The Kier molecular flexibility index (Phi) is 3.19. The molecule has 1 aromatic carbocycles. The number of rotatable bonds is 2. The lowest BCUT2D eigenvalue weighted by Gasteiger charge is -2.16. The Morgan fingerprint density at radius 3 is 2.71 bits per heavy atom. The molecule has 0 aromatic heterocycles. The van der Waals surface area contributed by atoms with Crippen molar-refractivity contribution in [3.8, 4) is 5.75 Å². The van der Waals surface area contributed by atoms with Crippen LogP contribution in [0.4, 0.5) is 10.5 Å². The van der Waals surface area contributed by atoms with Crippen LogP contribution >= 0.6 is 11.6 Å². The van der Waals surface area contributed by atoms with Crippen molar-refractivity contribution in [2.45, 2.75) is 0 Å². The molecule has 0 spiro atoms. The van der Waals surface area contributed by atoms with Crippen LogP contribution < -0.4 is 9.64 Å². The summed E-state index contributed by atoms with van der Waals surface area (Å²) in [5.74, 6) is 0.472. The molecule has 0 bridgehead atoms. The Labute approximate surface area is 86.7 Å². The molecule has 0 radical (unpaired) electrons. The standard InChI is InChI=1S/C9H10ClNO3/c1-11(9(12)13)7-5-6(10)3-4-8(7)14-2/h3-5H,1-2H3,(H,12,13). The lowest BCUT2D eigenvalue weighted by molar-refractivity contribution is 0.203. The smallest absolute Gasteiger partial charge is 0.411 e. The third kappa shape index (κ3) is 2.09. The molecule has 0 aliphatic carbocycles. The average Bonchev–Trinajstić information content (AvgIpc) is 2.16. The Morgan fingerprint density at radius 2 is 2.21 bits per heavy atom. The second kappa shape index (κ2) is 4.19. The molecular formula is C9H10ClNO3. The first-order valence-electron chi connectivity index (χ1n) is 3.86. The minimum Gasteiger partial charge on any atom is -0.495 e. The Morgan fingerprint density at radius 1 is 1.57 bits per heavy atom. The van der Waals surface area contributed by atoms with Gasteiger partial charge in [0.05, 0.1) is 12.8 Å². The van der Waals surface area contributed by atoms with Gasteiger partial charge in [-0.2, -0.15) is 0 Å². The van der Waals surface area contributed by atoms with Gasteiger partial charge in [0.2, 0.25) is 0 Å². The van der Waals surface area contributed by atoms with Gasteiger partial charge in [-0.25, -0.2) is 4.79 Å². The molecule has 76 valence electrons. The molecule has 5 heteroatoms. The van der Waals surface area contributed by atoms with Gasteiger partial charge in [0.25, 0.3) is 0 Å². The first-order chi connectivity index (χ1) is 6.56. The van der Waals surface area contributed by atoms with E-state index < -0.39 is 6.09 Å². The summed E-state index contributed by atoms with van der Waals surface area (Å²) < 4.78 is 5.01. The quantitative estimate of drug-likeness (QED) is 0.825. The highest BCUT2D eigenvalue weighted by molar-refractivity contribution is 6.31. The fourth-order valence-electron chi connectivity index (χ4n) is 1.03. The van der Waals surface area contributed by atoms with Gasteiger partial charge in [0.15, 0.2) is 0 Å². The summed E-state index contributed by atoms with van der Waals surface area (Å²) in [5, 5.41) is 9.24. The normalized spacial score (nSPS) is 9.64. The van der Waals surface area contributed by atoms with E-state index in [0.717, 1.165) is 4.90 Å². The predicted molar refractivity (Wildman–Crippen MR) is 54.4 cm³/mol. The van der Waals surface area contributed by atoms with Crippen LogP contribution in [0.15, 0.2) is 18.2 Å². The molecule has 0 unspecified atom stereocenters. The van der Waals surface area contributed by atoms with Crippen LogP contribution in [0.5, 0.6) is 5.75 Å². The number of carboxylic acid groups (broad SMARTS) is 1. The molecular weight excluding hydrogens is 206 g/mol. The third-order valence-corrected chi connectivity index (χ3v) is 2.02. The third-order valence-electron chi connectivity index (χ3n) is 1.79. The molecule has 0 fully saturated rings. The number of carbonyl (C=O) groups is 1. The van der Waals surface area contributed by atoms with E-state index in [9.17, 15) is 4.79 Å². The largest absolute Gasteiger partial charge is 0.495 e. The highest BCUT2D eigenvalue weighted by Gasteiger charge is 2.13. The summed E-state index contributed by atoms with van der Waals surface area (Å²) >= 11 is 5.75. The number of methoxy groups -OCH3 is 1. The fraction of sp³-hybridized carbons (Fsp3) is 0.222. The molecule has 0 aliphatic heterocycles. The molecule has 1 N–H and O–H groups in total.